The van der Waals surface area contributed by atoms with Crippen molar-refractivity contribution in [3.8, 4) is 5.75 Å². The molecule has 0 spiro atoms. The van der Waals surface area contributed by atoms with Crippen LogP contribution in [0.2, 0.25) is 5.15 Å². The van der Waals surface area contributed by atoms with Gasteiger partial charge in [0, 0.05) is 6.54 Å². The standard InChI is InChI=1S/C20H28ClN7O7S/c21-16-18(23)27-17(22)15(26-16)19(31)28-20(25-11-36(32,33)34)24-8-2-1-3-12-4-6-14(7-5-12)35-10-13(30)9-29/h4-7,13,29-30H,1-3,8-11H2,(H4,22,23,27)(H,32,33,34)(H2,24,25,28,31). The maximum absolute atomic E-state index is 12.5. The van der Waals surface area contributed by atoms with Crippen LogP contribution < -0.4 is 26.8 Å². The number of guanidine groups is 1. The summed E-state index contributed by atoms with van der Waals surface area (Å²) in [5.74, 6) is -1.95. The Kier molecular flexibility index (Phi) is 11.1. The number of halogens is 1. The third-order valence-corrected chi connectivity index (χ3v) is 5.23. The Bertz CT molecular complexity index is 1160. The van der Waals surface area contributed by atoms with E-state index in [0.29, 0.717) is 18.7 Å². The molecule has 0 aliphatic rings. The first-order chi connectivity index (χ1) is 17.0. The first kappa shape index (κ1) is 29.0. The van der Waals surface area contributed by atoms with Gasteiger partial charge < -0.3 is 31.7 Å². The van der Waals surface area contributed by atoms with Crippen molar-refractivity contribution in [2.45, 2.75) is 25.4 Å². The van der Waals surface area contributed by atoms with Crippen LogP contribution in [-0.4, -0.2) is 76.8 Å². The highest BCUT2D eigenvalue weighted by Crippen LogP contribution is 2.17. The summed E-state index contributed by atoms with van der Waals surface area (Å²) in [6, 6.07) is 7.25. The largest absolute Gasteiger partial charge is 0.491 e. The number of hydrogen-bond donors (Lipinski definition) is 7. The number of nitrogens with two attached hydrogens (primary N) is 2. The fraction of sp³-hybridized carbons (Fsp3) is 0.400. The molecule has 0 saturated carbocycles. The number of anilines is 2. The van der Waals surface area contributed by atoms with E-state index in [1.54, 1.807) is 12.1 Å². The Hall–Kier alpha value is -3.24. The van der Waals surface area contributed by atoms with Crippen LogP contribution in [-0.2, 0) is 16.5 Å². The van der Waals surface area contributed by atoms with Gasteiger partial charge in [-0.2, -0.15) is 8.42 Å². The van der Waals surface area contributed by atoms with Gasteiger partial charge in [-0.25, -0.2) is 15.0 Å². The molecule has 1 aromatic carbocycles. The van der Waals surface area contributed by atoms with E-state index in [1.165, 1.54) is 0 Å². The van der Waals surface area contributed by atoms with Gasteiger partial charge >= 0.3 is 0 Å². The molecule has 0 radical (unpaired) electrons. The molecule has 14 nitrogen and oxygen atoms in total. The minimum Gasteiger partial charge on any atom is -0.491 e. The van der Waals surface area contributed by atoms with E-state index in [0.717, 1.165) is 18.4 Å². The number of benzene rings is 1. The monoisotopic (exact) mass is 545 g/mol. The molecule has 1 aromatic heterocycles. The third-order valence-electron chi connectivity index (χ3n) is 4.50. The predicted molar refractivity (Wildman–Crippen MR) is 133 cm³/mol. The average Bonchev–Trinajstić information content (AvgIpc) is 2.82. The number of aliphatic hydroxyl groups is 2. The van der Waals surface area contributed by atoms with Crippen LogP contribution in [0.4, 0.5) is 11.6 Å². The number of carbonyl (C=O) groups is 1. The molecule has 1 unspecified atom stereocenters. The molecule has 1 amide bonds. The summed E-state index contributed by atoms with van der Waals surface area (Å²) < 4.78 is 36.5. The van der Waals surface area contributed by atoms with E-state index in [4.69, 9.17) is 37.5 Å². The van der Waals surface area contributed by atoms with Crippen LogP contribution in [0.5, 0.6) is 5.75 Å². The summed E-state index contributed by atoms with van der Waals surface area (Å²) in [7, 11) is -4.43. The van der Waals surface area contributed by atoms with Crippen molar-refractivity contribution in [2.75, 3.05) is 37.1 Å². The van der Waals surface area contributed by atoms with E-state index >= 15 is 0 Å². The second kappa shape index (κ2) is 13.7. The minimum absolute atomic E-state index is 0.00986. The Balaban J connectivity index is 1.89. The minimum atomic E-state index is -4.43. The highest BCUT2D eigenvalue weighted by atomic mass is 35.5. The van der Waals surface area contributed by atoms with Crippen molar-refractivity contribution in [3.63, 3.8) is 0 Å². The number of aromatic nitrogens is 2. The molecule has 16 heteroatoms. The number of aliphatic hydroxyl groups excluding tert-OH is 2. The molecule has 2 rings (SSSR count). The van der Waals surface area contributed by atoms with Gasteiger partial charge in [0.2, 0.25) is 0 Å². The number of hydrogen-bond acceptors (Lipinski definition) is 11. The number of ether oxygens (including phenoxy) is 1. The van der Waals surface area contributed by atoms with E-state index in [2.05, 4.69) is 25.6 Å². The van der Waals surface area contributed by atoms with Gasteiger partial charge in [-0.3, -0.25) is 14.7 Å². The maximum atomic E-state index is 12.5. The third kappa shape index (κ3) is 10.2. The van der Waals surface area contributed by atoms with Crippen LogP contribution in [0, 0.1) is 0 Å². The summed E-state index contributed by atoms with van der Waals surface area (Å²) in [4.78, 5) is 23.6. The molecule has 36 heavy (non-hydrogen) atoms. The molecule has 2 aromatic rings. The number of nitrogens with one attached hydrogen (secondary N) is 2. The highest BCUT2D eigenvalue weighted by Gasteiger charge is 2.18. The molecule has 0 aliphatic heterocycles. The molecule has 0 fully saturated rings. The molecule has 0 bridgehead atoms. The molecular weight excluding hydrogens is 518 g/mol. The van der Waals surface area contributed by atoms with E-state index in [1.807, 2.05) is 12.1 Å². The van der Waals surface area contributed by atoms with Crippen molar-refractivity contribution in [3.05, 3.63) is 40.7 Å². The van der Waals surface area contributed by atoms with Crippen molar-refractivity contribution in [2.24, 2.45) is 4.99 Å². The van der Waals surface area contributed by atoms with Gasteiger partial charge in [-0.1, -0.05) is 23.7 Å². The predicted octanol–water partition coefficient (Wildman–Crippen LogP) is -0.430. The topological polar surface area (TPSA) is 235 Å². The van der Waals surface area contributed by atoms with Gasteiger partial charge in [-0.05, 0) is 37.0 Å². The second-order valence-corrected chi connectivity index (χ2v) is 9.26. The Morgan fingerprint density at radius 3 is 2.50 bits per heavy atom. The highest BCUT2D eigenvalue weighted by molar-refractivity contribution is 7.85. The lowest BCUT2D eigenvalue weighted by Crippen LogP contribution is -2.42. The van der Waals surface area contributed by atoms with Gasteiger partial charge in [0.25, 0.3) is 16.0 Å². The van der Waals surface area contributed by atoms with Crippen LogP contribution >= 0.6 is 11.6 Å². The maximum Gasteiger partial charge on any atom is 0.285 e. The first-order valence-corrected chi connectivity index (χ1v) is 12.6. The van der Waals surface area contributed by atoms with Crippen LogP contribution in [0.25, 0.3) is 0 Å². The lowest BCUT2D eigenvalue weighted by atomic mass is 10.1. The molecule has 1 heterocycles. The number of nitrogens with zero attached hydrogens (tertiary/aromatic N) is 3. The number of rotatable bonds is 12. The Morgan fingerprint density at radius 1 is 1.17 bits per heavy atom. The fourth-order valence-corrected chi connectivity index (χ4v) is 3.14. The number of carbonyl (C=O) groups excluding carboxylic acids is 1. The van der Waals surface area contributed by atoms with Crippen LogP contribution in [0.1, 0.15) is 28.9 Å². The molecule has 198 valence electrons. The molecule has 0 saturated heterocycles. The van der Waals surface area contributed by atoms with Gasteiger partial charge in [0.05, 0.1) is 6.61 Å². The average molecular weight is 546 g/mol. The number of aliphatic imine (C=N–C) groups is 1. The SMILES string of the molecule is Nc1nc(N)c(C(=O)NC(=NCS(=O)(=O)O)NCCCCc2ccc(OCC(O)CO)cc2)nc1Cl. The molecule has 0 aliphatic carbocycles. The van der Waals surface area contributed by atoms with E-state index < -0.39 is 28.0 Å². The summed E-state index contributed by atoms with van der Waals surface area (Å²) in [5.41, 5.74) is 11.8. The van der Waals surface area contributed by atoms with Gasteiger partial charge in [0.15, 0.2) is 34.3 Å². The lowest BCUT2D eigenvalue weighted by molar-refractivity contribution is 0.0536. The number of amides is 1. The molecular formula is C20H28ClN7O7S. The summed E-state index contributed by atoms with van der Waals surface area (Å²) >= 11 is 5.78. The van der Waals surface area contributed by atoms with E-state index in [-0.39, 0.29) is 41.7 Å². The van der Waals surface area contributed by atoms with Gasteiger partial charge in [-0.15, -0.1) is 0 Å². The van der Waals surface area contributed by atoms with Crippen LogP contribution in [0.3, 0.4) is 0 Å². The van der Waals surface area contributed by atoms with Gasteiger partial charge in [0.1, 0.15) is 18.5 Å². The lowest BCUT2D eigenvalue weighted by Gasteiger charge is -2.12. The van der Waals surface area contributed by atoms with Crippen molar-refractivity contribution >= 4 is 45.2 Å². The fourth-order valence-electron chi connectivity index (χ4n) is 2.72. The number of nitrogen functional groups attached to an aromatic ring is 2. The second-order valence-electron chi connectivity index (χ2n) is 7.48. The number of aryl methyl sites for hydroxylation is 1. The van der Waals surface area contributed by atoms with Crippen molar-refractivity contribution in [1.82, 2.24) is 20.6 Å². The summed E-state index contributed by atoms with van der Waals surface area (Å²) in [5, 5.41) is 23.0. The molecule has 1 atom stereocenters. The number of unbranched alkanes of at least 4 members (excludes halogenated alkanes) is 1. The smallest absolute Gasteiger partial charge is 0.285 e. The van der Waals surface area contributed by atoms with E-state index in [9.17, 15) is 18.3 Å². The summed E-state index contributed by atoms with van der Waals surface area (Å²) in [6.45, 7) is -0.0749. The zero-order chi connectivity index (χ0) is 26.7. The van der Waals surface area contributed by atoms with Crippen LogP contribution in [0.15, 0.2) is 29.3 Å². The normalized spacial score (nSPS) is 12.7. The van der Waals surface area contributed by atoms with Crippen molar-refractivity contribution < 1.29 is 32.7 Å². The Morgan fingerprint density at radius 2 is 1.86 bits per heavy atom. The first-order valence-electron chi connectivity index (χ1n) is 10.6. The zero-order valence-corrected chi connectivity index (χ0v) is 20.7. The van der Waals surface area contributed by atoms with Crippen molar-refractivity contribution in [1.29, 1.82) is 0 Å². The molecule has 9 N–H and O–H groups in total. The Labute approximate surface area is 212 Å². The zero-order valence-electron chi connectivity index (χ0n) is 19.1. The quantitative estimate of drug-likeness (QED) is 0.0778. The summed E-state index contributed by atoms with van der Waals surface area (Å²) in [6.07, 6.45) is 1.14.